The fourth-order valence-electron chi connectivity index (χ4n) is 4.80. The van der Waals surface area contributed by atoms with Gasteiger partial charge in [0.15, 0.2) is 23.0 Å². The number of piperazine rings is 1. The molecule has 0 aliphatic carbocycles. The van der Waals surface area contributed by atoms with E-state index < -0.39 is 0 Å². The Morgan fingerprint density at radius 1 is 0.811 bits per heavy atom. The van der Waals surface area contributed by atoms with E-state index in [-0.39, 0.29) is 24.4 Å². The molecule has 0 saturated carbocycles. The third-order valence-corrected chi connectivity index (χ3v) is 6.72. The van der Waals surface area contributed by atoms with Crippen molar-refractivity contribution >= 4 is 23.3 Å². The topological polar surface area (TPSA) is 102 Å². The van der Waals surface area contributed by atoms with Crippen LogP contribution in [0.4, 0.5) is 16.2 Å². The molecule has 0 bridgehead atoms. The summed E-state index contributed by atoms with van der Waals surface area (Å²) in [6.45, 7) is 2.71. The molecule has 1 atom stereocenters. The number of urea groups is 1. The summed E-state index contributed by atoms with van der Waals surface area (Å²) in [6, 6.07) is 8.66. The SMILES string of the molecule is COc1ccc(N2CC(NC(=O)N3CCN(c4ccc(OC)c(OC)c4OC)CC3)CC2=O)cc1OC. The number of nitrogens with one attached hydrogen (secondary N) is 1. The minimum absolute atomic E-state index is 0.0529. The molecule has 2 fully saturated rings. The van der Waals surface area contributed by atoms with Crippen molar-refractivity contribution in [2.45, 2.75) is 12.5 Å². The maximum atomic E-state index is 13.0. The molecular formula is C26H34N4O7. The molecule has 1 unspecified atom stereocenters. The van der Waals surface area contributed by atoms with Crippen LogP contribution < -0.4 is 38.8 Å². The molecule has 0 aromatic heterocycles. The first-order valence-corrected chi connectivity index (χ1v) is 12.1. The molecule has 200 valence electrons. The number of amides is 3. The number of rotatable bonds is 8. The largest absolute Gasteiger partial charge is 0.493 e. The lowest BCUT2D eigenvalue weighted by molar-refractivity contribution is -0.117. The Kier molecular flexibility index (Phi) is 8.00. The van der Waals surface area contributed by atoms with Gasteiger partial charge in [0.05, 0.1) is 47.3 Å². The van der Waals surface area contributed by atoms with Crippen LogP contribution in [0.15, 0.2) is 30.3 Å². The quantitative estimate of drug-likeness (QED) is 0.573. The number of ether oxygens (including phenoxy) is 5. The van der Waals surface area contributed by atoms with Crippen molar-refractivity contribution in [2.75, 3.05) is 78.1 Å². The highest BCUT2D eigenvalue weighted by atomic mass is 16.5. The van der Waals surface area contributed by atoms with Gasteiger partial charge in [0.25, 0.3) is 0 Å². The summed E-state index contributed by atoms with van der Waals surface area (Å²) in [4.78, 5) is 31.3. The average molecular weight is 515 g/mol. The van der Waals surface area contributed by atoms with Gasteiger partial charge in [-0.15, -0.1) is 0 Å². The van der Waals surface area contributed by atoms with E-state index in [9.17, 15) is 9.59 Å². The minimum Gasteiger partial charge on any atom is -0.493 e. The zero-order valence-electron chi connectivity index (χ0n) is 21.9. The van der Waals surface area contributed by atoms with Crippen LogP contribution in [0.1, 0.15) is 6.42 Å². The first kappa shape index (κ1) is 26.1. The maximum absolute atomic E-state index is 13.0. The summed E-state index contributed by atoms with van der Waals surface area (Å²) < 4.78 is 27.1. The Labute approximate surface area is 216 Å². The van der Waals surface area contributed by atoms with E-state index >= 15 is 0 Å². The highest BCUT2D eigenvalue weighted by Crippen LogP contribution is 2.44. The summed E-state index contributed by atoms with van der Waals surface area (Å²) in [5.41, 5.74) is 1.59. The average Bonchev–Trinajstić information content (AvgIpc) is 3.30. The maximum Gasteiger partial charge on any atom is 0.317 e. The molecule has 2 aliphatic heterocycles. The zero-order valence-corrected chi connectivity index (χ0v) is 21.9. The fourth-order valence-corrected chi connectivity index (χ4v) is 4.80. The molecule has 4 rings (SSSR count). The molecule has 11 heteroatoms. The minimum atomic E-state index is -0.280. The van der Waals surface area contributed by atoms with Crippen LogP contribution in [0.2, 0.25) is 0 Å². The van der Waals surface area contributed by atoms with Crippen LogP contribution in [0.25, 0.3) is 0 Å². The number of hydrogen-bond donors (Lipinski definition) is 1. The molecule has 2 heterocycles. The van der Waals surface area contributed by atoms with Crippen LogP contribution in [0.5, 0.6) is 28.7 Å². The summed E-state index contributed by atoms with van der Waals surface area (Å²) in [7, 11) is 7.87. The van der Waals surface area contributed by atoms with E-state index in [1.165, 1.54) is 0 Å². The number of carbonyl (C=O) groups excluding carboxylic acids is 2. The van der Waals surface area contributed by atoms with Crippen molar-refractivity contribution in [3.63, 3.8) is 0 Å². The van der Waals surface area contributed by atoms with Gasteiger partial charge in [-0.1, -0.05) is 0 Å². The molecular weight excluding hydrogens is 480 g/mol. The number of carbonyl (C=O) groups is 2. The Hall–Kier alpha value is -4.02. The third-order valence-electron chi connectivity index (χ3n) is 6.72. The fraction of sp³-hybridized carbons (Fsp3) is 0.462. The van der Waals surface area contributed by atoms with Crippen molar-refractivity contribution in [2.24, 2.45) is 0 Å². The van der Waals surface area contributed by atoms with E-state index in [1.54, 1.807) is 57.5 Å². The van der Waals surface area contributed by atoms with E-state index in [0.717, 1.165) is 5.69 Å². The van der Waals surface area contributed by atoms with Crippen LogP contribution in [-0.2, 0) is 4.79 Å². The molecule has 2 aromatic carbocycles. The van der Waals surface area contributed by atoms with Gasteiger partial charge < -0.3 is 43.7 Å². The number of anilines is 2. The summed E-state index contributed by atoms with van der Waals surface area (Å²) in [6.07, 6.45) is 0.239. The van der Waals surface area contributed by atoms with Gasteiger partial charge >= 0.3 is 6.03 Å². The standard InChI is InChI=1S/C26H34N4O7/c1-33-20-8-6-18(15-22(20)35-3)30-16-17(14-23(30)31)27-26(32)29-12-10-28(11-13-29)19-7-9-21(34-2)25(37-5)24(19)36-4/h6-9,15,17H,10-14,16H2,1-5H3,(H,27,32). The second-order valence-corrected chi connectivity index (χ2v) is 8.72. The van der Waals surface area contributed by atoms with Crippen molar-refractivity contribution in [3.8, 4) is 28.7 Å². The number of benzene rings is 2. The lowest BCUT2D eigenvalue weighted by Crippen LogP contribution is -2.54. The Bertz CT molecular complexity index is 1130. The molecule has 2 aromatic rings. The summed E-state index contributed by atoms with van der Waals surface area (Å²) in [5, 5.41) is 3.03. The second kappa shape index (κ2) is 11.4. The number of nitrogens with zero attached hydrogens (tertiary/aromatic N) is 3. The monoisotopic (exact) mass is 514 g/mol. The molecule has 0 spiro atoms. The van der Waals surface area contributed by atoms with Crippen LogP contribution in [0, 0.1) is 0 Å². The Balaban J connectivity index is 1.36. The second-order valence-electron chi connectivity index (χ2n) is 8.72. The highest BCUT2D eigenvalue weighted by molar-refractivity contribution is 5.97. The molecule has 3 amide bonds. The van der Waals surface area contributed by atoms with E-state index in [4.69, 9.17) is 23.7 Å². The van der Waals surface area contributed by atoms with E-state index in [2.05, 4.69) is 10.2 Å². The smallest absolute Gasteiger partial charge is 0.317 e. The molecule has 1 N–H and O–H groups in total. The first-order valence-electron chi connectivity index (χ1n) is 12.1. The van der Waals surface area contributed by atoms with E-state index in [1.807, 2.05) is 18.2 Å². The van der Waals surface area contributed by atoms with Crippen molar-refractivity contribution in [1.29, 1.82) is 0 Å². The predicted molar refractivity (Wildman–Crippen MR) is 139 cm³/mol. The van der Waals surface area contributed by atoms with Gasteiger partial charge in [-0.2, -0.15) is 0 Å². The van der Waals surface area contributed by atoms with Gasteiger partial charge in [-0.3, -0.25) is 4.79 Å². The Morgan fingerprint density at radius 3 is 2.08 bits per heavy atom. The molecule has 2 saturated heterocycles. The van der Waals surface area contributed by atoms with Crippen LogP contribution >= 0.6 is 0 Å². The zero-order chi connectivity index (χ0) is 26.5. The van der Waals surface area contributed by atoms with Gasteiger partial charge in [0.2, 0.25) is 11.7 Å². The van der Waals surface area contributed by atoms with Crippen LogP contribution in [0.3, 0.4) is 0 Å². The highest BCUT2D eigenvalue weighted by Gasteiger charge is 2.34. The van der Waals surface area contributed by atoms with Gasteiger partial charge in [-0.25, -0.2) is 4.79 Å². The summed E-state index contributed by atoms with van der Waals surface area (Å²) in [5.74, 6) is 2.81. The lowest BCUT2D eigenvalue weighted by Gasteiger charge is -2.37. The first-order chi connectivity index (χ1) is 17.9. The molecule has 37 heavy (non-hydrogen) atoms. The van der Waals surface area contributed by atoms with Gasteiger partial charge in [-0.05, 0) is 24.3 Å². The summed E-state index contributed by atoms with van der Waals surface area (Å²) >= 11 is 0. The van der Waals surface area contributed by atoms with Crippen molar-refractivity contribution in [3.05, 3.63) is 30.3 Å². The van der Waals surface area contributed by atoms with Crippen LogP contribution in [-0.4, -0.2) is 91.2 Å². The molecule has 2 aliphatic rings. The lowest BCUT2D eigenvalue weighted by atomic mass is 10.2. The van der Waals surface area contributed by atoms with E-state index in [0.29, 0.717) is 67.2 Å². The third kappa shape index (κ3) is 5.25. The molecule has 0 radical (unpaired) electrons. The number of methoxy groups -OCH3 is 5. The van der Waals surface area contributed by atoms with Gasteiger partial charge in [0.1, 0.15) is 0 Å². The Morgan fingerprint density at radius 2 is 1.46 bits per heavy atom. The predicted octanol–water partition coefficient (Wildman–Crippen LogP) is 2.37. The van der Waals surface area contributed by atoms with Crippen molar-refractivity contribution in [1.82, 2.24) is 10.2 Å². The van der Waals surface area contributed by atoms with Gasteiger partial charge in [0, 0.05) is 50.9 Å². The number of hydrogen-bond acceptors (Lipinski definition) is 8. The molecule has 11 nitrogen and oxygen atoms in total. The normalized spacial score (nSPS) is 17.5. The van der Waals surface area contributed by atoms with Crippen molar-refractivity contribution < 1.29 is 33.3 Å².